The van der Waals surface area contributed by atoms with Crippen LogP contribution in [0.15, 0.2) is 0 Å². The van der Waals surface area contributed by atoms with Crippen LogP contribution in [0.4, 0.5) is 0 Å². The van der Waals surface area contributed by atoms with E-state index >= 15 is 0 Å². The van der Waals surface area contributed by atoms with Crippen LogP contribution in [0.5, 0.6) is 0 Å². The summed E-state index contributed by atoms with van der Waals surface area (Å²) in [4.78, 5) is 24.6. The first-order valence-electron chi connectivity index (χ1n) is 5.79. The second-order valence-corrected chi connectivity index (χ2v) is 3.93. The van der Waals surface area contributed by atoms with Crippen molar-refractivity contribution in [1.82, 2.24) is 10.2 Å². The van der Waals surface area contributed by atoms with Gasteiger partial charge in [-0.1, -0.05) is 0 Å². The standard InChI is InChI=1S/C11H20N2O4/c1-12-10(14)4-3-5-13-6-7-17-8-9(13)11(15)16-2/h9H,3-8H2,1-2H3,(H,12,14). The van der Waals surface area contributed by atoms with Crippen LogP contribution in [-0.4, -0.2) is 63.3 Å². The zero-order valence-corrected chi connectivity index (χ0v) is 10.4. The van der Waals surface area contributed by atoms with Gasteiger partial charge in [-0.3, -0.25) is 14.5 Å². The molecule has 1 atom stereocenters. The van der Waals surface area contributed by atoms with Crippen molar-refractivity contribution in [2.75, 3.05) is 40.5 Å². The minimum atomic E-state index is -0.335. The quantitative estimate of drug-likeness (QED) is 0.653. The molecule has 1 unspecified atom stereocenters. The Morgan fingerprint density at radius 2 is 2.29 bits per heavy atom. The molecule has 6 heteroatoms. The number of amides is 1. The monoisotopic (exact) mass is 244 g/mol. The smallest absolute Gasteiger partial charge is 0.325 e. The molecule has 0 radical (unpaired) electrons. The zero-order valence-electron chi connectivity index (χ0n) is 10.4. The van der Waals surface area contributed by atoms with Gasteiger partial charge in [-0.25, -0.2) is 0 Å². The molecule has 0 aromatic rings. The molecule has 1 aliphatic heterocycles. The molecule has 0 aromatic carbocycles. The highest BCUT2D eigenvalue weighted by molar-refractivity contribution is 5.76. The van der Waals surface area contributed by atoms with Crippen LogP contribution in [0.25, 0.3) is 0 Å². The lowest BCUT2D eigenvalue weighted by molar-refractivity contribution is -0.153. The molecule has 1 rings (SSSR count). The van der Waals surface area contributed by atoms with Crippen molar-refractivity contribution in [2.45, 2.75) is 18.9 Å². The molecule has 1 N–H and O–H groups in total. The SMILES string of the molecule is CNC(=O)CCCN1CCOCC1C(=O)OC. The molecular formula is C11H20N2O4. The van der Waals surface area contributed by atoms with Crippen molar-refractivity contribution in [1.29, 1.82) is 0 Å². The minimum Gasteiger partial charge on any atom is -0.468 e. The first-order valence-corrected chi connectivity index (χ1v) is 5.79. The Labute approximate surface area is 101 Å². The molecule has 1 aliphatic rings. The average Bonchev–Trinajstić information content (AvgIpc) is 2.38. The highest BCUT2D eigenvalue weighted by Gasteiger charge is 2.29. The predicted octanol–water partition coefficient (Wildman–Crippen LogP) is -0.614. The molecule has 0 aromatic heterocycles. The first kappa shape index (κ1) is 13.9. The van der Waals surface area contributed by atoms with Crippen LogP contribution >= 0.6 is 0 Å². The van der Waals surface area contributed by atoms with E-state index in [4.69, 9.17) is 9.47 Å². The molecule has 6 nitrogen and oxygen atoms in total. The van der Waals surface area contributed by atoms with Crippen molar-refractivity contribution in [3.63, 3.8) is 0 Å². The molecule has 1 heterocycles. The second-order valence-electron chi connectivity index (χ2n) is 3.93. The van der Waals surface area contributed by atoms with E-state index < -0.39 is 0 Å². The van der Waals surface area contributed by atoms with Gasteiger partial charge in [-0.15, -0.1) is 0 Å². The Morgan fingerprint density at radius 1 is 1.53 bits per heavy atom. The maximum Gasteiger partial charge on any atom is 0.325 e. The Balaban J connectivity index is 2.37. The van der Waals surface area contributed by atoms with Crippen LogP contribution < -0.4 is 5.32 Å². The summed E-state index contributed by atoms with van der Waals surface area (Å²) in [5.41, 5.74) is 0. The fourth-order valence-corrected chi connectivity index (χ4v) is 1.83. The summed E-state index contributed by atoms with van der Waals surface area (Å²) in [6.45, 7) is 2.39. The van der Waals surface area contributed by atoms with Gasteiger partial charge in [0.05, 0.1) is 20.3 Å². The molecule has 0 bridgehead atoms. The van der Waals surface area contributed by atoms with Gasteiger partial charge in [-0.2, -0.15) is 0 Å². The lowest BCUT2D eigenvalue weighted by Gasteiger charge is -2.33. The number of esters is 1. The summed E-state index contributed by atoms with van der Waals surface area (Å²) in [6, 6.07) is -0.335. The fraction of sp³-hybridized carbons (Fsp3) is 0.818. The lowest BCUT2D eigenvalue weighted by Crippen LogP contribution is -2.50. The first-order chi connectivity index (χ1) is 8.19. The van der Waals surface area contributed by atoms with E-state index in [1.54, 1.807) is 7.05 Å². The van der Waals surface area contributed by atoms with Gasteiger partial charge in [0.1, 0.15) is 6.04 Å². The van der Waals surface area contributed by atoms with E-state index in [1.165, 1.54) is 7.11 Å². The number of rotatable bonds is 5. The van der Waals surface area contributed by atoms with Crippen LogP contribution in [-0.2, 0) is 19.1 Å². The van der Waals surface area contributed by atoms with Crippen molar-refractivity contribution < 1.29 is 19.1 Å². The normalized spacial score (nSPS) is 20.9. The van der Waals surface area contributed by atoms with Gasteiger partial charge in [0, 0.05) is 20.0 Å². The van der Waals surface area contributed by atoms with E-state index in [2.05, 4.69) is 5.32 Å². The summed E-state index contributed by atoms with van der Waals surface area (Å²) in [6.07, 6.45) is 1.20. The number of hydrogen-bond acceptors (Lipinski definition) is 5. The molecule has 1 amide bonds. The van der Waals surface area contributed by atoms with Crippen LogP contribution in [0.2, 0.25) is 0 Å². The van der Waals surface area contributed by atoms with E-state index in [1.807, 2.05) is 4.90 Å². The molecule has 0 aliphatic carbocycles. The average molecular weight is 244 g/mol. The molecule has 0 saturated carbocycles. The number of hydrogen-bond donors (Lipinski definition) is 1. The Kier molecular flexibility index (Phi) is 5.93. The van der Waals surface area contributed by atoms with Gasteiger partial charge in [0.25, 0.3) is 0 Å². The molecule has 1 fully saturated rings. The van der Waals surface area contributed by atoms with E-state index in [9.17, 15) is 9.59 Å². The van der Waals surface area contributed by atoms with Crippen LogP contribution in [0.1, 0.15) is 12.8 Å². The summed E-state index contributed by atoms with van der Waals surface area (Å²) in [7, 11) is 2.99. The molecule has 1 saturated heterocycles. The Bertz CT molecular complexity index is 270. The summed E-state index contributed by atoms with van der Waals surface area (Å²) >= 11 is 0. The van der Waals surface area contributed by atoms with E-state index in [-0.39, 0.29) is 17.9 Å². The number of nitrogens with one attached hydrogen (secondary N) is 1. The van der Waals surface area contributed by atoms with E-state index in [0.29, 0.717) is 32.7 Å². The maximum absolute atomic E-state index is 11.5. The number of ether oxygens (including phenoxy) is 2. The third kappa shape index (κ3) is 4.32. The highest BCUT2D eigenvalue weighted by atomic mass is 16.5. The topological polar surface area (TPSA) is 67.9 Å². The van der Waals surface area contributed by atoms with Crippen LogP contribution in [0.3, 0.4) is 0 Å². The van der Waals surface area contributed by atoms with Crippen molar-refractivity contribution >= 4 is 11.9 Å². The zero-order chi connectivity index (χ0) is 12.7. The van der Waals surface area contributed by atoms with Crippen molar-refractivity contribution in [3.8, 4) is 0 Å². The number of methoxy groups -OCH3 is 1. The van der Waals surface area contributed by atoms with Gasteiger partial charge in [-0.05, 0) is 13.0 Å². The third-order valence-corrected chi connectivity index (χ3v) is 2.84. The highest BCUT2D eigenvalue weighted by Crippen LogP contribution is 2.09. The summed E-state index contributed by atoms with van der Waals surface area (Å²) in [5, 5.41) is 2.57. The van der Waals surface area contributed by atoms with Crippen molar-refractivity contribution in [3.05, 3.63) is 0 Å². The van der Waals surface area contributed by atoms with Crippen molar-refractivity contribution in [2.24, 2.45) is 0 Å². The second kappa shape index (κ2) is 7.24. The van der Waals surface area contributed by atoms with Crippen LogP contribution in [0, 0.1) is 0 Å². The predicted molar refractivity (Wildman–Crippen MR) is 61.5 cm³/mol. The molecule has 0 spiro atoms. The van der Waals surface area contributed by atoms with Gasteiger partial charge >= 0.3 is 5.97 Å². The number of morpholine rings is 1. The molecular weight excluding hydrogens is 224 g/mol. The minimum absolute atomic E-state index is 0.0212. The van der Waals surface area contributed by atoms with Gasteiger partial charge in [0.2, 0.25) is 5.91 Å². The summed E-state index contributed by atoms with van der Waals surface area (Å²) in [5.74, 6) is -0.252. The fourth-order valence-electron chi connectivity index (χ4n) is 1.83. The van der Waals surface area contributed by atoms with Gasteiger partial charge < -0.3 is 14.8 Å². The number of nitrogens with zero attached hydrogens (tertiary/aromatic N) is 1. The van der Waals surface area contributed by atoms with E-state index in [0.717, 1.165) is 6.42 Å². The molecule has 98 valence electrons. The number of carbonyl (C=O) groups is 2. The van der Waals surface area contributed by atoms with Gasteiger partial charge in [0.15, 0.2) is 0 Å². The third-order valence-electron chi connectivity index (χ3n) is 2.84. The lowest BCUT2D eigenvalue weighted by atomic mass is 10.2. The Hall–Kier alpha value is -1.14. The summed E-state index contributed by atoms with van der Waals surface area (Å²) < 4.78 is 9.99. The molecule has 17 heavy (non-hydrogen) atoms. The Morgan fingerprint density at radius 3 is 2.94 bits per heavy atom. The number of carbonyl (C=O) groups excluding carboxylic acids is 2. The maximum atomic E-state index is 11.5. The largest absolute Gasteiger partial charge is 0.468 e.